The summed E-state index contributed by atoms with van der Waals surface area (Å²) in [6, 6.07) is 12.1. The zero-order valence-corrected chi connectivity index (χ0v) is 21.5. The number of fused-ring (bicyclic) bond motifs is 3. The summed E-state index contributed by atoms with van der Waals surface area (Å²) in [7, 11) is 0. The molecule has 2 aromatic carbocycles. The van der Waals surface area contributed by atoms with Crippen molar-refractivity contribution in [3.63, 3.8) is 0 Å². The minimum absolute atomic E-state index is 0.104. The van der Waals surface area contributed by atoms with E-state index in [2.05, 4.69) is 20.4 Å². The number of para-hydroxylation sites is 1. The van der Waals surface area contributed by atoms with Crippen LogP contribution in [0.1, 0.15) is 31.9 Å². The number of aliphatic imine (C=N–C) groups is 1. The fourth-order valence-electron chi connectivity index (χ4n) is 5.41. The number of oxime groups is 1. The van der Waals surface area contributed by atoms with Gasteiger partial charge in [0.1, 0.15) is 29.4 Å². The van der Waals surface area contributed by atoms with Gasteiger partial charge in [0, 0.05) is 42.1 Å². The summed E-state index contributed by atoms with van der Waals surface area (Å²) in [6.07, 6.45) is -0.249. The van der Waals surface area contributed by atoms with Gasteiger partial charge in [0.2, 0.25) is 0 Å². The molecule has 10 heteroatoms. The van der Waals surface area contributed by atoms with Gasteiger partial charge in [-0.1, -0.05) is 23.4 Å². The third-order valence-corrected chi connectivity index (χ3v) is 7.17. The van der Waals surface area contributed by atoms with Gasteiger partial charge in [-0.3, -0.25) is 0 Å². The van der Waals surface area contributed by atoms with Crippen molar-refractivity contribution >= 4 is 34.1 Å². The molecule has 3 N–H and O–H groups in total. The van der Waals surface area contributed by atoms with E-state index in [1.807, 2.05) is 45.0 Å². The van der Waals surface area contributed by atoms with Gasteiger partial charge in [-0.2, -0.15) is 0 Å². The predicted octanol–water partition coefficient (Wildman–Crippen LogP) is 4.32. The van der Waals surface area contributed by atoms with Crippen LogP contribution in [0.2, 0.25) is 0 Å². The number of hydrogen-bond acceptors (Lipinski definition) is 7. The highest BCUT2D eigenvalue weighted by atomic mass is 19.1. The number of aromatic nitrogens is 1. The number of piperidine rings is 1. The van der Waals surface area contributed by atoms with Crippen LogP contribution in [0.15, 0.2) is 52.6 Å². The monoisotopic (exact) mass is 519 g/mol. The first-order chi connectivity index (χ1) is 18.2. The lowest BCUT2D eigenvalue weighted by atomic mass is 10.0. The summed E-state index contributed by atoms with van der Waals surface area (Å²) in [5.74, 6) is 0.347. The second-order valence-corrected chi connectivity index (χ2v) is 11.0. The molecule has 3 aromatic rings. The van der Waals surface area contributed by atoms with Gasteiger partial charge < -0.3 is 29.9 Å². The van der Waals surface area contributed by atoms with E-state index in [0.29, 0.717) is 77.7 Å². The Morgan fingerprint density at radius 2 is 2.00 bits per heavy atom. The van der Waals surface area contributed by atoms with E-state index in [0.717, 1.165) is 5.56 Å². The number of aromatic hydroxyl groups is 1. The normalized spacial score (nSPS) is 22.9. The van der Waals surface area contributed by atoms with Crippen LogP contribution < -0.4 is 5.32 Å². The number of rotatable bonds is 6. The summed E-state index contributed by atoms with van der Waals surface area (Å²) >= 11 is 0. The van der Waals surface area contributed by atoms with Crippen molar-refractivity contribution in [2.24, 2.45) is 22.0 Å². The first kappa shape index (κ1) is 24.4. The van der Waals surface area contributed by atoms with Crippen molar-refractivity contribution in [3.8, 4) is 5.88 Å². The van der Waals surface area contributed by atoms with Crippen molar-refractivity contribution in [1.82, 2.24) is 15.2 Å². The first-order valence-corrected chi connectivity index (χ1v) is 12.8. The van der Waals surface area contributed by atoms with Crippen molar-refractivity contribution in [2.45, 2.75) is 32.4 Å². The van der Waals surface area contributed by atoms with Crippen molar-refractivity contribution < 1.29 is 23.9 Å². The minimum Gasteiger partial charge on any atom is -0.494 e. The smallest absolute Gasteiger partial charge is 0.410 e. The Bertz CT molecular complexity index is 1460. The molecule has 1 saturated heterocycles. The average Bonchev–Trinajstić information content (AvgIpc) is 3.19. The molecule has 38 heavy (non-hydrogen) atoms. The SMILES string of the molecule is CC(C)(C)OC(=O)N1CC2C(C1)C2NCCO/N=C1/C(c2c(O)[nH]c3ccc(F)cc23)=Nc2ccccc21. The van der Waals surface area contributed by atoms with Crippen LogP contribution in [-0.2, 0) is 9.57 Å². The molecule has 2 atom stereocenters. The van der Waals surface area contributed by atoms with E-state index in [-0.39, 0.29) is 12.0 Å². The van der Waals surface area contributed by atoms with E-state index >= 15 is 0 Å². The van der Waals surface area contributed by atoms with E-state index < -0.39 is 11.4 Å². The first-order valence-electron chi connectivity index (χ1n) is 12.8. The number of nitrogens with one attached hydrogen (secondary N) is 2. The van der Waals surface area contributed by atoms with Gasteiger partial charge in [0.15, 0.2) is 5.88 Å². The highest BCUT2D eigenvalue weighted by Crippen LogP contribution is 2.45. The number of hydrogen-bond donors (Lipinski definition) is 3. The topological polar surface area (TPSA) is 112 Å². The second-order valence-electron chi connectivity index (χ2n) is 11.0. The van der Waals surface area contributed by atoms with Gasteiger partial charge >= 0.3 is 6.09 Å². The van der Waals surface area contributed by atoms with Crippen molar-refractivity contribution in [2.75, 3.05) is 26.2 Å². The summed E-state index contributed by atoms with van der Waals surface area (Å²) in [5.41, 5.74) is 2.88. The van der Waals surface area contributed by atoms with E-state index in [4.69, 9.17) is 9.57 Å². The van der Waals surface area contributed by atoms with Crippen LogP contribution in [0.3, 0.4) is 0 Å². The largest absolute Gasteiger partial charge is 0.494 e. The van der Waals surface area contributed by atoms with Gasteiger partial charge in [0.25, 0.3) is 0 Å². The summed E-state index contributed by atoms with van der Waals surface area (Å²) < 4.78 is 19.5. The lowest BCUT2D eigenvalue weighted by molar-refractivity contribution is 0.0268. The Labute approximate surface area is 219 Å². The molecule has 2 unspecified atom stereocenters. The number of aromatic amines is 1. The van der Waals surface area contributed by atoms with E-state index in [1.165, 1.54) is 12.1 Å². The fourth-order valence-corrected chi connectivity index (χ4v) is 5.41. The highest BCUT2D eigenvalue weighted by Gasteiger charge is 2.56. The molecule has 3 heterocycles. The number of halogens is 1. The van der Waals surface area contributed by atoms with Crippen molar-refractivity contribution in [3.05, 3.63) is 59.4 Å². The molecule has 198 valence electrons. The number of amides is 1. The number of carbonyl (C=O) groups is 1. The average molecular weight is 520 g/mol. The lowest BCUT2D eigenvalue weighted by Gasteiger charge is -2.26. The summed E-state index contributed by atoms with van der Waals surface area (Å²) in [6.45, 7) is 7.95. The molecule has 3 aliphatic rings. The molecular formula is C28H30FN5O4. The molecule has 1 aliphatic carbocycles. The molecule has 9 nitrogen and oxygen atoms in total. The third-order valence-electron chi connectivity index (χ3n) is 7.17. The molecule has 2 fully saturated rings. The van der Waals surface area contributed by atoms with Gasteiger partial charge in [0.05, 0.1) is 11.3 Å². The predicted molar refractivity (Wildman–Crippen MR) is 142 cm³/mol. The third kappa shape index (κ3) is 4.49. The number of benzene rings is 2. The van der Waals surface area contributed by atoms with Crippen LogP contribution >= 0.6 is 0 Å². The number of carbonyl (C=O) groups excluding carboxylic acids is 1. The Kier molecular flexibility index (Phi) is 5.86. The quantitative estimate of drug-likeness (QED) is 0.332. The van der Waals surface area contributed by atoms with Gasteiger partial charge in [-0.15, -0.1) is 0 Å². The molecule has 0 bridgehead atoms. The Balaban J connectivity index is 1.09. The van der Waals surface area contributed by atoms with Crippen LogP contribution in [0.5, 0.6) is 5.88 Å². The Morgan fingerprint density at radius 3 is 2.76 bits per heavy atom. The molecule has 1 amide bonds. The van der Waals surface area contributed by atoms with Crippen LogP contribution in [0.25, 0.3) is 10.9 Å². The molecule has 0 radical (unpaired) electrons. The second kappa shape index (κ2) is 9.13. The molecule has 1 saturated carbocycles. The van der Waals surface area contributed by atoms with Crippen LogP contribution in [0.4, 0.5) is 14.9 Å². The summed E-state index contributed by atoms with van der Waals surface area (Å²) in [4.78, 5) is 27.3. The van der Waals surface area contributed by atoms with E-state index in [1.54, 1.807) is 11.0 Å². The molecule has 2 aliphatic heterocycles. The maximum Gasteiger partial charge on any atom is 0.410 e. The maximum absolute atomic E-state index is 14.0. The molecule has 1 aromatic heterocycles. The lowest BCUT2D eigenvalue weighted by Crippen LogP contribution is -2.39. The fraction of sp³-hybridized carbons (Fsp3) is 0.393. The Hall–Kier alpha value is -3.92. The number of nitrogens with zero attached hydrogens (tertiary/aromatic N) is 3. The maximum atomic E-state index is 14.0. The zero-order valence-electron chi connectivity index (χ0n) is 21.5. The zero-order chi connectivity index (χ0) is 26.6. The van der Waals surface area contributed by atoms with Gasteiger partial charge in [-0.05, 0) is 56.9 Å². The van der Waals surface area contributed by atoms with Gasteiger partial charge in [-0.25, -0.2) is 14.2 Å². The summed E-state index contributed by atoms with van der Waals surface area (Å²) in [5, 5.41) is 19.1. The standard InChI is InChI=1S/C28H30FN5O4/c1-28(2,3)38-27(36)34-13-18-19(14-34)23(18)30-10-11-37-33-24-16-6-4-5-7-20(16)31-25(24)22-17-12-15(29)8-9-21(17)32-26(22)35/h4-9,12,18-19,23,30,32,35H,10-11,13-14H2,1-3H3/b33-24+. The number of H-pyrrole nitrogens is 1. The van der Waals surface area contributed by atoms with Crippen LogP contribution in [0, 0.1) is 17.7 Å². The number of likely N-dealkylation sites (tertiary alicyclic amines) is 1. The van der Waals surface area contributed by atoms with Crippen molar-refractivity contribution in [1.29, 1.82) is 0 Å². The molecule has 0 spiro atoms. The van der Waals surface area contributed by atoms with E-state index in [9.17, 15) is 14.3 Å². The molecular weight excluding hydrogens is 489 g/mol. The number of ether oxygens (including phenoxy) is 1. The molecule has 6 rings (SSSR count). The van der Waals surface area contributed by atoms with Crippen LogP contribution in [-0.4, -0.2) is 70.4 Å². The highest BCUT2D eigenvalue weighted by molar-refractivity contribution is 6.58. The minimum atomic E-state index is -0.492. The Morgan fingerprint density at radius 1 is 1.24 bits per heavy atom.